The Balaban J connectivity index is 2.41. The number of hydrogen-bond acceptors (Lipinski definition) is 4. The van der Waals surface area contributed by atoms with E-state index in [1.54, 1.807) is 7.11 Å². The molecule has 1 heterocycles. The van der Waals surface area contributed by atoms with Crippen molar-refractivity contribution < 1.29 is 4.74 Å². The smallest absolute Gasteiger partial charge is 0.251 e. The molecule has 2 N–H and O–H groups in total. The Morgan fingerprint density at radius 2 is 2.11 bits per heavy atom. The average molecular weight is 259 g/mol. The summed E-state index contributed by atoms with van der Waals surface area (Å²) in [6.45, 7) is 0.544. The van der Waals surface area contributed by atoms with Gasteiger partial charge in [0.05, 0.1) is 5.69 Å². The highest BCUT2D eigenvalue weighted by Gasteiger charge is 2.16. The van der Waals surface area contributed by atoms with Crippen LogP contribution in [0, 0.1) is 0 Å². The molecule has 0 fully saturated rings. The highest BCUT2D eigenvalue weighted by atomic mass is 16.5. The summed E-state index contributed by atoms with van der Waals surface area (Å²) >= 11 is 0. The van der Waals surface area contributed by atoms with Crippen LogP contribution >= 0.6 is 0 Å². The van der Waals surface area contributed by atoms with Gasteiger partial charge in [-0.1, -0.05) is 30.3 Å². The quantitative estimate of drug-likeness (QED) is 0.847. The van der Waals surface area contributed by atoms with Crippen LogP contribution in [-0.2, 0) is 11.3 Å². The minimum absolute atomic E-state index is 0.173. The molecular formula is C14H17N3O2. The predicted molar refractivity (Wildman–Crippen MR) is 72.9 cm³/mol. The summed E-state index contributed by atoms with van der Waals surface area (Å²) < 4.78 is 5.46. The van der Waals surface area contributed by atoms with Gasteiger partial charge in [0.1, 0.15) is 11.9 Å². The standard InChI is InChI=1S/C14H17N3O2/c1-15-9-11-8-12(18)17-14(16-11)13(19-2)10-6-4-3-5-7-10/h3-8,13,15H,9H2,1-2H3,(H,16,17,18). The van der Waals surface area contributed by atoms with E-state index in [4.69, 9.17) is 4.74 Å². The molecule has 0 aliphatic rings. The fourth-order valence-corrected chi connectivity index (χ4v) is 1.96. The van der Waals surface area contributed by atoms with Crippen molar-refractivity contribution in [2.75, 3.05) is 14.2 Å². The molecule has 0 aliphatic heterocycles. The molecule has 5 heteroatoms. The Morgan fingerprint density at radius 3 is 2.74 bits per heavy atom. The molecule has 0 amide bonds. The highest BCUT2D eigenvalue weighted by molar-refractivity contribution is 5.23. The summed E-state index contributed by atoms with van der Waals surface area (Å²) in [5.41, 5.74) is 1.47. The van der Waals surface area contributed by atoms with E-state index in [1.807, 2.05) is 37.4 Å². The fourth-order valence-electron chi connectivity index (χ4n) is 1.96. The molecule has 0 bridgehead atoms. The van der Waals surface area contributed by atoms with Crippen molar-refractivity contribution in [1.82, 2.24) is 15.3 Å². The maximum absolute atomic E-state index is 11.7. The summed E-state index contributed by atoms with van der Waals surface area (Å²) in [5, 5.41) is 2.98. The molecule has 2 rings (SSSR count). The van der Waals surface area contributed by atoms with E-state index in [2.05, 4.69) is 15.3 Å². The van der Waals surface area contributed by atoms with Crippen molar-refractivity contribution in [3.63, 3.8) is 0 Å². The lowest BCUT2D eigenvalue weighted by Gasteiger charge is -2.15. The third-order valence-electron chi connectivity index (χ3n) is 2.76. The third kappa shape index (κ3) is 3.27. The normalized spacial score (nSPS) is 12.3. The average Bonchev–Trinajstić information content (AvgIpc) is 2.40. The van der Waals surface area contributed by atoms with Gasteiger partial charge < -0.3 is 15.0 Å². The molecule has 2 aromatic rings. The van der Waals surface area contributed by atoms with Crippen LogP contribution in [0.3, 0.4) is 0 Å². The number of aromatic amines is 1. The summed E-state index contributed by atoms with van der Waals surface area (Å²) in [6.07, 6.45) is -0.370. The van der Waals surface area contributed by atoms with Gasteiger partial charge in [-0.05, 0) is 12.6 Å². The van der Waals surface area contributed by atoms with Gasteiger partial charge in [0.2, 0.25) is 0 Å². The van der Waals surface area contributed by atoms with Crippen LogP contribution in [0.25, 0.3) is 0 Å². The molecule has 0 spiro atoms. The third-order valence-corrected chi connectivity index (χ3v) is 2.76. The first kappa shape index (κ1) is 13.5. The summed E-state index contributed by atoms with van der Waals surface area (Å²) in [4.78, 5) is 18.8. The summed E-state index contributed by atoms with van der Waals surface area (Å²) in [5.74, 6) is 0.520. The van der Waals surface area contributed by atoms with Crippen molar-refractivity contribution in [2.24, 2.45) is 0 Å². The second-order valence-electron chi connectivity index (χ2n) is 4.18. The van der Waals surface area contributed by atoms with Gasteiger partial charge in [-0.15, -0.1) is 0 Å². The predicted octanol–water partition coefficient (Wildman–Crippen LogP) is 1.23. The first-order valence-electron chi connectivity index (χ1n) is 6.07. The number of aromatic nitrogens is 2. The molecule has 1 aromatic carbocycles. The Kier molecular flexibility index (Phi) is 4.43. The van der Waals surface area contributed by atoms with Crippen molar-refractivity contribution >= 4 is 0 Å². The van der Waals surface area contributed by atoms with E-state index in [1.165, 1.54) is 6.07 Å². The van der Waals surface area contributed by atoms with E-state index in [-0.39, 0.29) is 11.7 Å². The van der Waals surface area contributed by atoms with Gasteiger partial charge in [-0.25, -0.2) is 4.98 Å². The van der Waals surface area contributed by atoms with E-state index in [9.17, 15) is 4.79 Å². The second kappa shape index (κ2) is 6.26. The summed E-state index contributed by atoms with van der Waals surface area (Å²) in [6, 6.07) is 11.2. The lowest BCUT2D eigenvalue weighted by Crippen LogP contribution is -2.19. The van der Waals surface area contributed by atoms with Crippen LogP contribution in [0.4, 0.5) is 0 Å². The minimum Gasteiger partial charge on any atom is -0.369 e. The van der Waals surface area contributed by atoms with Gasteiger partial charge >= 0.3 is 0 Å². The lowest BCUT2D eigenvalue weighted by molar-refractivity contribution is 0.128. The monoisotopic (exact) mass is 259 g/mol. The second-order valence-corrected chi connectivity index (χ2v) is 4.18. The van der Waals surface area contributed by atoms with Gasteiger partial charge in [0, 0.05) is 19.7 Å². The number of H-pyrrole nitrogens is 1. The maximum Gasteiger partial charge on any atom is 0.251 e. The Hall–Kier alpha value is -1.98. The van der Waals surface area contributed by atoms with E-state index >= 15 is 0 Å². The van der Waals surface area contributed by atoms with Crippen LogP contribution in [0.5, 0.6) is 0 Å². The SMILES string of the molecule is CNCc1cc(=O)[nH]c(C(OC)c2ccccc2)n1. The molecule has 1 unspecified atom stereocenters. The van der Waals surface area contributed by atoms with Crippen LogP contribution in [0.1, 0.15) is 23.2 Å². The molecule has 0 saturated heterocycles. The maximum atomic E-state index is 11.7. The van der Waals surface area contributed by atoms with Crippen molar-refractivity contribution in [1.29, 1.82) is 0 Å². The zero-order valence-electron chi connectivity index (χ0n) is 11.0. The lowest BCUT2D eigenvalue weighted by atomic mass is 10.1. The zero-order chi connectivity index (χ0) is 13.7. The Labute approximate surface area is 111 Å². The zero-order valence-corrected chi connectivity index (χ0v) is 11.0. The molecule has 0 saturated carbocycles. The van der Waals surface area contributed by atoms with Crippen LogP contribution < -0.4 is 10.9 Å². The topological polar surface area (TPSA) is 67.0 Å². The minimum atomic E-state index is -0.370. The van der Waals surface area contributed by atoms with Crippen molar-refractivity contribution in [3.05, 3.63) is 63.8 Å². The first-order chi connectivity index (χ1) is 9.24. The molecule has 1 atom stereocenters. The van der Waals surface area contributed by atoms with E-state index in [0.29, 0.717) is 18.1 Å². The number of nitrogens with one attached hydrogen (secondary N) is 2. The molecule has 0 radical (unpaired) electrons. The molecular weight excluding hydrogens is 242 g/mol. The number of methoxy groups -OCH3 is 1. The fraction of sp³-hybridized carbons (Fsp3) is 0.286. The van der Waals surface area contributed by atoms with Crippen molar-refractivity contribution in [3.8, 4) is 0 Å². The van der Waals surface area contributed by atoms with Crippen LogP contribution in [0.2, 0.25) is 0 Å². The van der Waals surface area contributed by atoms with E-state index < -0.39 is 0 Å². The molecule has 19 heavy (non-hydrogen) atoms. The molecule has 0 aliphatic carbocycles. The largest absolute Gasteiger partial charge is 0.369 e. The number of benzene rings is 1. The molecule has 5 nitrogen and oxygen atoms in total. The van der Waals surface area contributed by atoms with Gasteiger partial charge in [-0.2, -0.15) is 0 Å². The first-order valence-corrected chi connectivity index (χ1v) is 6.07. The Bertz CT molecular complexity index is 581. The summed E-state index contributed by atoms with van der Waals surface area (Å²) in [7, 11) is 3.41. The molecule has 100 valence electrons. The number of ether oxygens (including phenoxy) is 1. The van der Waals surface area contributed by atoms with Gasteiger partial charge in [-0.3, -0.25) is 4.79 Å². The van der Waals surface area contributed by atoms with Gasteiger partial charge in [0.25, 0.3) is 5.56 Å². The highest BCUT2D eigenvalue weighted by Crippen LogP contribution is 2.21. The van der Waals surface area contributed by atoms with E-state index in [0.717, 1.165) is 5.56 Å². The van der Waals surface area contributed by atoms with Crippen molar-refractivity contribution in [2.45, 2.75) is 12.6 Å². The molecule has 1 aromatic heterocycles. The Morgan fingerprint density at radius 1 is 1.37 bits per heavy atom. The van der Waals surface area contributed by atoms with Gasteiger partial charge in [0.15, 0.2) is 0 Å². The number of hydrogen-bond donors (Lipinski definition) is 2. The number of rotatable bonds is 5. The van der Waals surface area contributed by atoms with Crippen LogP contribution in [-0.4, -0.2) is 24.1 Å². The number of nitrogens with zero attached hydrogens (tertiary/aromatic N) is 1. The van der Waals surface area contributed by atoms with Crippen LogP contribution in [0.15, 0.2) is 41.2 Å².